The zero-order valence-corrected chi connectivity index (χ0v) is 10.7. The quantitative estimate of drug-likeness (QED) is 0.812. The third-order valence-corrected chi connectivity index (χ3v) is 2.87. The largest absolute Gasteiger partial charge is 0.481 e. The van der Waals surface area contributed by atoms with Crippen LogP contribution >= 0.6 is 0 Å². The van der Waals surface area contributed by atoms with E-state index in [9.17, 15) is 9.59 Å². The van der Waals surface area contributed by atoms with Crippen LogP contribution in [0.3, 0.4) is 0 Å². The van der Waals surface area contributed by atoms with Gasteiger partial charge in [0, 0.05) is 12.5 Å². The number of hydrogen-bond acceptors (Lipinski definition) is 2. The molecule has 1 amide bonds. The molecule has 18 heavy (non-hydrogen) atoms. The molecule has 4 nitrogen and oxygen atoms in total. The van der Waals surface area contributed by atoms with Crippen molar-refractivity contribution < 1.29 is 14.7 Å². The molecule has 1 unspecified atom stereocenters. The van der Waals surface area contributed by atoms with Crippen LogP contribution in [0.1, 0.15) is 38.2 Å². The summed E-state index contributed by atoms with van der Waals surface area (Å²) in [5, 5.41) is 11.4. The predicted octanol–water partition coefficient (Wildman–Crippen LogP) is 2.16. The Kier molecular flexibility index (Phi) is 5.36. The van der Waals surface area contributed by atoms with E-state index in [1.54, 1.807) is 0 Å². The molecule has 98 valence electrons. The molecular weight excluding hydrogens is 230 g/mol. The molecule has 4 heteroatoms. The lowest BCUT2D eigenvalue weighted by Crippen LogP contribution is -2.35. The molecule has 1 rings (SSSR count). The van der Waals surface area contributed by atoms with Gasteiger partial charge in [0.2, 0.25) is 5.91 Å². The van der Waals surface area contributed by atoms with E-state index in [0.717, 1.165) is 5.56 Å². The average Bonchev–Trinajstić information content (AvgIpc) is 2.36. The minimum Gasteiger partial charge on any atom is -0.481 e. The Morgan fingerprint density at radius 1 is 1.22 bits per heavy atom. The zero-order valence-electron chi connectivity index (χ0n) is 10.7. The lowest BCUT2D eigenvalue weighted by molar-refractivity contribution is -0.137. The topological polar surface area (TPSA) is 66.4 Å². The van der Waals surface area contributed by atoms with E-state index >= 15 is 0 Å². The summed E-state index contributed by atoms with van der Waals surface area (Å²) in [4.78, 5) is 22.4. The molecule has 0 radical (unpaired) electrons. The second-order valence-electron chi connectivity index (χ2n) is 4.47. The number of hydrogen-bond donors (Lipinski definition) is 2. The fourth-order valence-electron chi connectivity index (χ4n) is 1.67. The number of amides is 1. The monoisotopic (exact) mass is 249 g/mol. The van der Waals surface area contributed by atoms with Gasteiger partial charge in [0.25, 0.3) is 0 Å². The Morgan fingerprint density at radius 3 is 2.39 bits per heavy atom. The summed E-state index contributed by atoms with van der Waals surface area (Å²) in [6, 6.07) is 9.39. The van der Waals surface area contributed by atoms with Crippen LogP contribution in [0.5, 0.6) is 0 Å². The minimum atomic E-state index is -0.841. The van der Waals surface area contributed by atoms with E-state index in [4.69, 9.17) is 5.11 Å². The number of carboxylic acid groups (broad SMARTS) is 1. The number of rotatable bonds is 6. The molecule has 0 aromatic heterocycles. The molecule has 1 aromatic rings. The lowest BCUT2D eigenvalue weighted by atomic mass is 10.00. The standard InChI is InChI=1S/C14H19NO3/c1-10(8-9-13(16)17)15-14(18)11(2)12-6-4-3-5-7-12/h3-7,10-11H,8-9H2,1-2H3,(H,15,18)(H,16,17)/t10?,11-/m0/s1. The molecule has 0 aliphatic carbocycles. The van der Waals surface area contributed by atoms with E-state index in [-0.39, 0.29) is 24.3 Å². The van der Waals surface area contributed by atoms with E-state index < -0.39 is 5.97 Å². The van der Waals surface area contributed by atoms with Crippen molar-refractivity contribution in [3.8, 4) is 0 Å². The summed E-state index contributed by atoms with van der Waals surface area (Å²) in [6.07, 6.45) is 0.518. The average molecular weight is 249 g/mol. The molecule has 2 atom stereocenters. The van der Waals surface area contributed by atoms with E-state index in [0.29, 0.717) is 6.42 Å². The van der Waals surface area contributed by atoms with E-state index in [2.05, 4.69) is 5.32 Å². The summed E-state index contributed by atoms with van der Waals surface area (Å²) >= 11 is 0. The molecule has 0 fully saturated rings. The summed E-state index contributed by atoms with van der Waals surface area (Å²) in [5.41, 5.74) is 0.959. The van der Waals surface area contributed by atoms with Crippen molar-refractivity contribution in [3.05, 3.63) is 35.9 Å². The summed E-state index contributed by atoms with van der Waals surface area (Å²) in [7, 11) is 0. The van der Waals surface area contributed by atoms with Gasteiger partial charge in [-0.1, -0.05) is 30.3 Å². The van der Waals surface area contributed by atoms with Gasteiger partial charge in [0.15, 0.2) is 0 Å². The maximum Gasteiger partial charge on any atom is 0.303 e. The SMILES string of the molecule is CC(CCC(=O)O)NC(=O)[C@@H](C)c1ccccc1. The van der Waals surface area contributed by atoms with Gasteiger partial charge >= 0.3 is 5.97 Å². The molecule has 0 bridgehead atoms. The Morgan fingerprint density at radius 2 is 1.83 bits per heavy atom. The Balaban J connectivity index is 2.47. The van der Waals surface area contributed by atoms with Crippen LogP contribution in [0, 0.1) is 0 Å². The fraction of sp³-hybridized carbons (Fsp3) is 0.429. The van der Waals surface area contributed by atoms with Gasteiger partial charge in [-0.15, -0.1) is 0 Å². The maximum atomic E-state index is 11.9. The highest BCUT2D eigenvalue weighted by Gasteiger charge is 2.17. The molecule has 2 N–H and O–H groups in total. The fourth-order valence-corrected chi connectivity index (χ4v) is 1.67. The first kappa shape index (κ1) is 14.2. The van der Waals surface area contributed by atoms with Crippen molar-refractivity contribution in [3.63, 3.8) is 0 Å². The van der Waals surface area contributed by atoms with Gasteiger partial charge in [-0.25, -0.2) is 0 Å². The molecule has 0 saturated carbocycles. The third-order valence-electron chi connectivity index (χ3n) is 2.87. The van der Waals surface area contributed by atoms with Crippen LogP contribution in [0.15, 0.2) is 30.3 Å². The first-order valence-electron chi connectivity index (χ1n) is 6.08. The number of nitrogens with one attached hydrogen (secondary N) is 1. The predicted molar refractivity (Wildman–Crippen MR) is 69.3 cm³/mol. The molecule has 0 heterocycles. The highest BCUT2D eigenvalue weighted by Crippen LogP contribution is 2.14. The highest BCUT2D eigenvalue weighted by molar-refractivity contribution is 5.83. The summed E-state index contributed by atoms with van der Waals surface area (Å²) in [5.74, 6) is -1.13. The van der Waals surface area contributed by atoms with Crippen LogP contribution in [-0.4, -0.2) is 23.0 Å². The molecule has 0 aliphatic rings. The molecular formula is C14H19NO3. The first-order valence-corrected chi connectivity index (χ1v) is 6.08. The smallest absolute Gasteiger partial charge is 0.303 e. The number of benzene rings is 1. The minimum absolute atomic E-state index is 0.0703. The normalized spacial score (nSPS) is 13.7. The number of aliphatic carboxylic acids is 1. The van der Waals surface area contributed by atoms with Crippen LogP contribution in [0.25, 0.3) is 0 Å². The molecule has 1 aromatic carbocycles. The third kappa shape index (κ3) is 4.57. The van der Waals surface area contributed by atoms with Gasteiger partial charge in [-0.3, -0.25) is 9.59 Å². The van der Waals surface area contributed by atoms with Crippen LogP contribution in [-0.2, 0) is 9.59 Å². The van der Waals surface area contributed by atoms with Gasteiger partial charge in [0.05, 0.1) is 5.92 Å². The molecule has 0 saturated heterocycles. The first-order chi connectivity index (χ1) is 8.50. The van der Waals surface area contributed by atoms with Gasteiger partial charge < -0.3 is 10.4 Å². The number of carbonyl (C=O) groups excluding carboxylic acids is 1. The van der Waals surface area contributed by atoms with Crippen molar-refractivity contribution in [1.29, 1.82) is 0 Å². The van der Waals surface area contributed by atoms with Crippen molar-refractivity contribution in [1.82, 2.24) is 5.32 Å². The summed E-state index contributed by atoms with van der Waals surface area (Å²) in [6.45, 7) is 3.66. The Labute approximate surface area is 107 Å². The van der Waals surface area contributed by atoms with Crippen molar-refractivity contribution in [2.24, 2.45) is 0 Å². The van der Waals surface area contributed by atoms with Gasteiger partial charge in [-0.2, -0.15) is 0 Å². The van der Waals surface area contributed by atoms with E-state index in [1.165, 1.54) is 0 Å². The molecule has 0 spiro atoms. The Hall–Kier alpha value is -1.84. The van der Waals surface area contributed by atoms with E-state index in [1.807, 2.05) is 44.2 Å². The second-order valence-corrected chi connectivity index (χ2v) is 4.47. The van der Waals surface area contributed by atoms with Crippen LogP contribution < -0.4 is 5.32 Å². The number of carbonyl (C=O) groups is 2. The van der Waals surface area contributed by atoms with Gasteiger partial charge in [-0.05, 0) is 25.8 Å². The highest BCUT2D eigenvalue weighted by atomic mass is 16.4. The maximum absolute atomic E-state index is 11.9. The van der Waals surface area contributed by atoms with Crippen LogP contribution in [0.4, 0.5) is 0 Å². The summed E-state index contributed by atoms with van der Waals surface area (Å²) < 4.78 is 0. The number of carboxylic acids is 1. The second kappa shape index (κ2) is 6.79. The lowest BCUT2D eigenvalue weighted by Gasteiger charge is -2.17. The van der Waals surface area contributed by atoms with Crippen molar-refractivity contribution >= 4 is 11.9 Å². The Bertz CT molecular complexity index is 403. The van der Waals surface area contributed by atoms with Crippen molar-refractivity contribution in [2.75, 3.05) is 0 Å². The van der Waals surface area contributed by atoms with Gasteiger partial charge in [0.1, 0.15) is 0 Å². The zero-order chi connectivity index (χ0) is 13.5. The van der Waals surface area contributed by atoms with Crippen LogP contribution in [0.2, 0.25) is 0 Å². The molecule has 0 aliphatic heterocycles. The van der Waals surface area contributed by atoms with Crippen molar-refractivity contribution in [2.45, 2.75) is 38.6 Å².